The van der Waals surface area contributed by atoms with Crippen LogP contribution in [0, 0.1) is 6.92 Å². The van der Waals surface area contributed by atoms with E-state index in [0.29, 0.717) is 5.58 Å². The number of aryl methyl sites for hydroxylation is 3. The SMILES string of the molecule is Cc1coc2c1c1c(c3oc(=O)c4c(c32)CCC4)CCC(C)(C)O1. The van der Waals surface area contributed by atoms with Crippen molar-refractivity contribution in [1.82, 2.24) is 0 Å². The Kier molecular flexibility index (Phi) is 2.61. The van der Waals surface area contributed by atoms with Gasteiger partial charge in [-0.05, 0) is 64.0 Å². The second kappa shape index (κ2) is 4.44. The average molecular weight is 324 g/mol. The Hall–Kier alpha value is -2.23. The van der Waals surface area contributed by atoms with E-state index in [1.54, 1.807) is 6.26 Å². The summed E-state index contributed by atoms with van der Waals surface area (Å²) in [7, 11) is 0. The summed E-state index contributed by atoms with van der Waals surface area (Å²) in [4.78, 5) is 12.4. The Bertz CT molecular complexity index is 1070. The number of fused-ring (bicyclic) bond motifs is 8. The molecule has 2 aliphatic rings. The number of ether oxygens (including phenoxy) is 1. The van der Waals surface area contributed by atoms with E-state index in [-0.39, 0.29) is 11.2 Å². The molecule has 0 N–H and O–H groups in total. The number of hydrogen-bond acceptors (Lipinski definition) is 4. The highest BCUT2D eigenvalue weighted by atomic mass is 16.5. The minimum Gasteiger partial charge on any atom is -0.487 e. The van der Waals surface area contributed by atoms with Crippen molar-refractivity contribution >= 4 is 21.9 Å². The van der Waals surface area contributed by atoms with Gasteiger partial charge < -0.3 is 13.6 Å². The molecule has 0 spiro atoms. The predicted octanol–water partition coefficient (Wildman–Crippen LogP) is 4.44. The van der Waals surface area contributed by atoms with Gasteiger partial charge in [0.05, 0.1) is 17.0 Å². The lowest BCUT2D eigenvalue weighted by atomic mass is 9.90. The molecule has 4 nitrogen and oxygen atoms in total. The summed E-state index contributed by atoms with van der Waals surface area (Å²) in [5.74, 6) is 0.834. The van der Waals surface area contributed by atoms with Gasteiger partial charge in [0, 0.05) is 11.1 Å². The summed E-state index contributed by atoms with van der Waals surface area (Å²) in [5.41, 5.74) is 5.10. The lowest BCUT2D eigenvalue weighted by Crippen LogP contribution is -2.32. The van der Waals surface area contributed by atoms with E-state index in [9.17, 15) is 4.79 Å². The summed E-state index contributed by atoms with van der Waals surface area (Å²) < 4.78 is 18.0. The highest BCUT2D eigenvalue weighted by Crippen LogP contribution is 2.47. The number of hydrogen-bond donors (Lipinski definition) is 0. The Morgan fingerprint density at radius 1 is 1.00 bits per heavy atom. The van der Waals surface area contributed by atoms with Gasteiger partial charge in [-0.25, -0.2) is 4.79 Å². The van der Waals surface area contributed by atoms with Crippen LogP contribution in [0.1, 0.15) is 48.9 Å². The van der Waals surface area contributed by atoms with E-state index in [2.05, 4.69) is 13.8 Å². The molecule has 0 saturated carbocycles. The molecule has 0 radical (unpaired) electrons. The Morgan fingerprint density at radius 3 is 2.62 bits per heavy atom. The smallest absolute Gasteiger partial charge is 0.339 e. The molecule has 1 aromatic carbocycles. The molecule has 0 unspecified atom stereocenters. The molecule has 1 aliphatic carbocycles. The van der Waals surface area contributed by atoms with Crippen LogP contribution in [0.4, 0.5) is 0 Å². The van der Waals surface area contributed by atoms with Gasteiger partial charge >= 0.3 is 5.63 Å². The monoisotopic (exact) mass is 324 g/mol. The van der Waals surface area contributed by atoms with E-state index in [1.165, 1.54) is 0 Å². The predicted molar refractivity (Wildman–Crippen MR) is 92.0 cm³/mol. The van der Waals surface area contributed by atoms with Crippen molar-refractivity contribution in [1.29, 1.82) is 0 Å². The molecular weight excluding hydrogens is 304 g/mol. The van der Waals surface area contributed by atoms with Crippen LogP contribution in [0.15, 0.2) is 19.9 Å². The van der Waals surface area contributed by atoms with E-state index >= 15 is 0 Å². The number of benzene rings is 1. The van der Waals surface area contributed by atoms with Crippen LogP contribution in [0.3, 0.4) is 0 Å². The van der Waals surface area contributed by atoms with Gasteiger partial charge in [-0.15, -0.1) is 0 Å². The third-order valence-corrected chi connectivity index (χ3v) is 5.52. The fourth-order valence-electron chi connectivity index (χ4n) is 4.30. The zero-order valence-electron chi connectivity index (χ0n) is 14.2. The highest BCUT2D eigenvalue weighted by Gasteiger charge is 2.34. The first-order valence-electron chi connectivity index (χ1n) is 8.66. The molecule has 124 valence electrons. The molecule has 2 aromatic heterocycles. The summed E-state index contributed by atoms with van der Waals surface area (Å²) >= 11 is 0. The Balaban J connectivity index is 2.02. The first-order valence-corrected chi connectivity index (χ1v) is 8.66. The largest absolute Gasteiger partial charge is 0.487 e. The molecule has 0 amide bonds. The van der Waals surface area contributed by atoms with Crippen molar-refractivity contribution in [2.75, 3.05) is 0 Å². The minimum atomic E-state index is -0.228. The second-order valence-electron chi connectivity index (χ2n) is 7.70. The van der Waals surface area contributed by atoms with Crippen LogP contribution in [-0.2, 0) is 19.3 Å². The zero-order chi connectivity index (χ0) is 16.6. The van der Waals surface area contributed by atoms with Gasteiger partial charge in [-0.1, -0.05) is 0 Å². The van der Waals surface area contributed by atoms with Gasteiger partial charge in [0.1, 0.15) is 22.5 Å². The number of rotatable bonds is 0. The van der Waals surface area contributed by atoms with E-state index in [0.717, 1.165) is 76.5 Å². The van der Waals surface area contributed by atoms with Crippen molar-refractivity contribution in [3.05, 3.63) is 38.9 Å². The normalized spacial score (nSPS) is 18.6. The number of furan rings is 1. The van der Waals surface area contributed by atoms with Gasteiger partial charge in [-0.2, -0.15) is 0 Å². The molecule has 3 heterocycles. The molecule has 5 rings (SSSR count). The van der Waals surface area contributed by atoms with Gasteiger partial charge in [0.25, 0.3) is 0 Å². The van der Waals surface area contributed by atoms with Crippen molar-refractivity contribution < 1.29 is 13.6 Å². The maximum absolute atomic E-state index is 12.4. The standard InChI is InChI=1S/C20H20O4/c1-10-9-22-18-14(10)17-13(7-8-20(2,3)24-17)16-15(18)11-5-4-6-12(11)19(21)23-16/h9H,4-8H2,1-3H3. The summed E-state index contributed by atoms with van der Waals surface area (Å²) in [6.45, 7) is 6.24. The quantitative estimate of drug-likeness (QED) is 0.574. The minimum absolute atomic E-state index is 0.190. The average Bonchev–Trinajstić information content (AvgIpc) is 3.14. The van der Waals surface area contributed by atoms with Crippen LogP contribution in [0.2, 0.25) is 0 Å². The van der Waals surface area contributed by atoms with Crippen molar-refractivity contribution in [2.24, 2.45) is 0 Å². The van der Waals surface area contributed by atoms with Crippen LogP contribution in [0.25, 0.3) is 21.9 Å². The summed E-state index contributed by atoms with van der Waals surface area (Å²) in [6.07, 6.45) is 6.25. The molecule has 0 atom stereocenters. The van der Waals surface area contributed by atoms with Crippen LogP contribution < -0.4 is 10.4 Å². The van der Waals surface area contributed by atoms with E-state index in [1.807, 2.05) is 6.92 Å². The lowest BCUT2D eigenvalue weighted by molar-refractivity contribution is 0.0870. The Morgan fingerprint density at radius 2 is 1.79 bits per heavy atom. The van der Waals surface area contributed by atoms with Crippen molar-refractivity contribution in [2.45, 2.75) is 58.5 Å². The van der Waals surface area contributed by atoms with E-state index in [4.69, 9.17) is 13.6 Å². The fraction of sp³-hybridized carbons (Fsp3) is 0.450. The highest BCUT2D eigenvalue weighted by molar-refractivity contribution is 6.10. The maximum Gasteiger partial charge on any atom is 0.339 e. The molecule has 0 fully saturated rings. The summed E-state index contributed by atoms with van der Waals surface area (Å²) in [6, 6.07) is 0. The molecule has 24 heavy (non-hydrogen) atoms. The molecular formula is C20H20O4. The third-order valence-electron chi connectivity index (χ3n) is 5.52. The van der Waals surface area contributed by atoms with Crippen molar-refractivity contribution in [3.63, 3.8) is 0 Å². The topological polar surface area (TPSA) is 52.6 Å². The van der Waals surface area contributed by atoms with Gasteiger partial charge in [0.15, 0.2) is 0 Å². The molecule has 4 heteroatoms. The Labute approximate surface area is 139 Å². The van der Waals surface area contributed by atoms with Crippen LogP contribution >= 0.6 is 0 Å². The fourth-order valence-corrected chi connectivity index (χ4v) is 4.30. The molecule has 1 aliphatic heterocycles. The summed E-state index contributed by atoms with van der Waals surface area (Å²) in [5, 5.41) is 2.03. The van der Waals surface area contributed by atoms with E-state index < -0.39 is 0 Å². The molecule has 3 aromatic rings. The second-order valence-corrected chi connectivity index (χ2v) is 7.70. The molecule has 0 saturated heterocycles. The third kappa shape index (κ3) is 1.71. The molecule has 0 bridgehead atoms. The van der Waals surface area contributed by atoms with Gasteiger partial charge in [0.2, 0.25) is 0 Å². The maximum atomic E-state index is 12.4. The zero-order valence-corrected chi connectivity index (χ0v) is 14.2. The van der Waals surface area contributed by atoms with Crippen LogP contribution in [-0.4, -0.2) is 5.60 Å². The van der Waals surface area contributed by atoms with Crippen LogP contribution in [0.5, 0.6) is 5.75 Å². The van der Waals surface area contributed by atoms with Crippen molar-refractivity contribution in [3.8, 4) is 5.75 Å². The van der Waals surface area contributed by atoms with Gasteiger partial charge in [-0.3, -0.25) is 0 Å². The first kappa shape index (κ1) is 14.1. The lowest BCUT2D eigenvalue weighted by Gasteiger charge is -2.33. The first-order chi connectivity index (χ1) is 11.5.